The van der Waals surface area contributed by atoms with E-state index in [-0.39, 0.29) is 18.2 Å². The van der Waals surface area contributed by atoms with Crippen molar-refractivity contribution in [1.29, 1.82) is 0 Å². The monoisotopic (exact) mass is 385 g/mol. The van der Waals surface area contributed by atoms with Crippen molar-refractivity contribution < 1.29 is 14.6 Å². The van der Waals surface area contributed by atoms with E-state index >= 15 is 0 Å². The van der Waals surface area contributed by atoms with Gasteiger partial charge in [-0.25, -0.2) is 0 Å². The molecule has 6 nitrogen and oxygen atoms in total. The summed E-state index contributed by atoms with van der Waals surface area (Å²) in [5.74, 6) is -0.0678. The van der Waals surface area contributed by atoms with E-state index in [1.54, 1.807) is 28.8 Å². The molecule has 0 aliphatic heterocycles. The molecule has 1 amide bonds. The molecule has 0 saturated heterocycles. The molecule has 2 aromatic carbocycles. The Kier molecular flexibility index (Phi) is 6.08. The third-order valence-electron chi connectivity index (χ3n) is 4.07. The highest BCUT2D eigenvalue weighted by molar-refractivity contribution is 6.30. The van der Waals surface area contributed by atoms with Gasteiger partial charge in [-0.3, -0.25) is 4.79 Å². The van der Waals surface area contributed by atoms with Crippen LogP contribution >= 0.6 is 11.6 Å². The molecule has 0 spiro atoms. The van der Waals surface area contributed by atoms with Gasteiger partial charge in [0, 0.05) is 17.0 Å². The number of rotatable bonds is 7. The highest BCUT2D eigenvalue weighted by Gasteiger charge is 2.16. The maximum atomic E-state index is 12.0. The third kappa shape index (κ3) is 4.46. The second-order valence-electron chi connectivity index (χ2n) is 6.03. The third-order valence-corrected chi connectivity index (χ3v) is 4.31. The predicted molar refractivity (Wildman–Crippen MR) is 105 cm³/mol. The largest absolute Gasteiger partial charge is 0.493 e. The molecular formula is C20H20ClN3O3. The fraction of sp³-hybridized carbons (Fsp3) is 0.250. The number of ether oxygens (including phenoxy) is 1. The van der Waals surface area contributed by atoms with Crippen LogP contribution in [-0.2, 0) is 11.3 Å². The van der Waals surface area contributed by atoms with Gasteiger partial charge >= 0.3 is 5.91 Å². The number of nitrogens with zero attached hydrogens (tertiary/aromatic N) is 3. The number of hydrogen-bond acceptors (Lipinski definition) is 4. The van der Waals surface area contributed by atoms with Crippen molar-refractivity contribution in [3.63, 3.8) is 0 Å². The molecule has 1 N–H and O–H groups in total. The van der Waals surface area contributed by atoms with Crippen molar-refractivity contribution in [2.24, 2.45) is 10.2 Å². The first-order valence-electron chi connectivity index (χ1n) is 8.73. The molecule has 0 aliphatic rings. The molecule has 0 fully saturated rings. The average Bonchev–Trinajstić information content (AvgIpc) is 2.94. The van der Waals surface area contributed by atoms with Gasteiger partial charge in [0.15, 0.2) is 12.3 Å². The van der Waals surface area contributed by atoms with E-state index in [1.165, 1.54) is 0 Å². The Hall–Kier alpha value is -2.86. The lowest BCUT2D eigenvalue weighted by Crippen LogP contribution is -2.07. The van der Waals surface area contributed by atoms with E-state index in [0.29, 0.717) is 17.3 Å². The summed E-state index contributed by atoms with van der Waals surface area (Å²) in [7, 11) is 0. The second kappa shape index (κ2) is 8.68. The summed E-state index contributed by atoms with van der Waals surface area (Å²) < 4.78 is 7.15. The zero-order valence-corrected chi connectivity index (χ0v) is 15.7. The minimum Gasteiger partial charge on any atom is -0.493 e. The number of halogens is 1. The number of benzene rings is 2. The summed E-state index contributed by atoms with van der Waals surface area (Å²) in [6, 6.07) is 14.3. The predicted octanol–water partition coefficient (Wildman–Crippen LogP) is 5.49. The van der Waals surface area contributed by atoms with Gasteiger partial charge in [-0.2, -0.15) is 0 Å². The van der Waals surface area contributed by atoms with E-state index < -0.39 is 5.91 Å². The summed E-state index contributed by atoms with van der Waals surface area (Å²) in [6.45, 7) is 2.49. The quantitative estimate of drug-likeness (QED) is 0.546. The number of aromatic hydroxyl groups is 1. The van der Waals surface area contributed by atoms with Crippen molar-refractivity contribution in [3.8, 4) is 11.6 Å². The van der Waals surface area contributed by atoms with E-state index in [4.69, 9.17) is 16.3 Å². The summed E-state index contributed by atoms with van der Waals surface area (Å²) in [6.07, 6.45) is 1.93. The lowest BCUT2D eigenvalue weighted by molar-refractivity contribution is -0.120. The fourth-order valence-corrected chi connectivity index (χ4v) is 2.93. The van der Waals surface area contributed by atoms with E-state index in [0.717, 1.165) is 23.7 Å². The number of hydrogen-bond donors (Lipinski definition) is 1. The van der Waals surface area contributed by atoms with Gasteiger partial charge < -0.3 is 14.4 Å². The first-order chi connectivity index (χ1) is 13.1. The molecule has 140 valence electrons. The fourth-order valence-electron chi connectivity index (χ4n) is 2.75. The topological polar surface area (TPSA) is 76.2 Å². The van der Waals surface area contributed by atoms with Gasteiger partial charge in [0.1, 0.15) is 5.75 Å². The van der Waals surface area contributed by atoms with Crippen LogP contribution in [0.5, 0.6) is 11.6 Å². The van der Waals surface area contributed by atoms with Gasteiger partial charge in [-0.1, -0.05) is 49.2 Å². The van der Waals surface area contributed by atoms with Crippen LogP contribution in [0.1, 0.15) is 19.8 Å². The van der Waals surface area contributed by atoms with Gasteiger partial charge in [-0.15, -0.1) is 10.2 Å². The van der Waals surface area contributed by atoms with Crippen LogP contribution in [0.25, 0.3) is 10.9 Å². The minimum absolute atomic E-state index is 0.0111. The van der Waals surface area contributed by atoms with Crippen molar-refractivity contribution in [2.45, 2.75) is 26.3 Å². The van der Waals surface area contributed by atoms with Crippen LogP contribution in [0, 0.1) is 0 Å². The number of carbonyl (C=O) groups is 1. The Morgan fingerprint density at radius 2 is 2.04 bits per heavy atom. The maximum Gasteiger partial charge on any atom is 0.302 e. The zero-order valence-electron chi connectivity index (χ0n) is 14.9. The molecule has 0 radical (unpaired) electrons. The summed E-state index contributed by atoms with van der Waals surface area (Å²) in [5.41, 5.74) is 1.15. The first-order valence-corrected chi connectivity index (χ1v) is 9.11. The summed E-state index contributed by atoms with van der Waals surface area (Å²) in [4.78, 5) is 12.0. The molecule has 1 heterocycles. The van der Waals surface area contributed by atoms with Crippen molar-refractivity contribution in [3.05, 3.63) is 53.6 Å². The van der Waals surface area contributed by atoms with Crippen LogP contribution in [0.2, 0.25) is 5.02 Å². The second-order valence-corrected chi connectivity index (χ2v) is 6.47. The number of amides is 1. The number of unbranched alkanes of at least 4 members (excludes halogenated alkanes) is 1. The number of carbonyl (C=O) groups excluding carboxylic acids is 1. The van der Waals surface area contributed by atoms with E-state index in [9.17, 15) is 9.90 Å². The van der Waals surface area contributed by atoms with E-state index in [1.807, 2.05) is 24.3 Å². The SMILES string of the molecule is CCCCn1c(O)c(N=NC(=O)COc2cccc(Cl)c2)c2ccccc21. The van der Waals surface area contributed by atoms with Crippen LogP contribution < -0.4 is 4.74 Å². The Morgan fingerprint density at radius 1 is 1.22 bits per heavy atom. The average molecular weight is 386 g/mol. The molecule has 0 unspecified atom stereocenters. The smallest absolute Gasteiger partial charge is 0.302 e. The zero-order chi connectivity index (χ0) is 19.2. The van der Waals surface area contributed by atoms with Crippen molar-refractivity contribution in [2.75, 3.05) is 6.61 Å². The van der Waals surface area contributed by atoms with Crippen molar-refractivity contribution in [1.82, 2.24) is 4.57 Å². The molecule has 0 saturated carbocycles. The Bertz CT molecular complexity index is 982. The van der Waals surface area contributed by atoms with Crippen LogP contribution in [0.15, 0.2) is 58.8 Å². The molecule has 0 bridgehead atoms. The molecular weight excluding hydrogens is 366 g/mol. The van der Waals surface area contributed by atoms with E-state index in [2.05, 4.69) is 17.2 Å². The highest BCUT2D eigenvalue weighted by Crippen LogP contribution is 2.38. The Morgan fingerprint density at radius 3 is 2.81 bits per heavy atom. The molecule has 0 aliphatic carbocycles. The standard InChI is InChI=1S/C20H20ClN3O3/c1-2-3-11-24-17-10-5-4-9-16(17)19(20(24)26)23-22-18(25)13-27-15-8-6-7-14(21)12-15/h4-10,12,26H,2-3,11,13H2,1H3. The van der Waals surface area contributed by atoms with Gasteiger partial charge in [-0.05, 0) is 30.7 Å². The van der Waals surface area contributed by atoms with Crippen molar-refractivity contribution >= 4 is 34.1 Å². The van der Waals surface area contributed by atoms with Crippen LogP contribution in [-0.4, -0.2) is 22.2 Å². The molecule has 0 atom stereocenters. The first kappa shape index (κ1) is 18.9. The minimum atomic E-state index is -0.556. The lowest BCUT2D eigenvalue weighted by atomic mass is 10.2. The molecule has 27 heavy (non-hydrogen) atoms. The van der Waals surface area contributed by atoms with Crippen LogP contribution in [0.4, 0.5) is 5.69 Å². The Labute approximate surface area is 162 Å². The normalized spacial score (nSPS) is 11.3. The lowest BCUT2D eigenvalue weighted by Gasteiger charge is -2.05. The number of fused-ring (bicyclic) bond motifs is 1. The summed E-state index contributed by atoms with van der Waals surface area (Å²) >= 11 is 5.88. The Balaban J connectivity index is 1.77. The highest BCUT2D eigenvalue weighted by atomic mass is 35.5. The summed E-state index contributed by atoms with van der Waals surface area (Å²) in [5, 5.41) is 19.5. The number of azo groups is 1. The van der Waals surface area contributed by atoms with Gasteiger partial charge in [0.25, 0.3) is 0 Å². The molecule has 1 aromatic heterocycles. The number of aryl methyl sites for hydroxylation is 1. The van der Waals surface area contributed by atoms with Gasteiger partial charge in [0.2, 0.25) is 5.88 Å². The maximum absolute atomic E-state index is 12.0. The van der Waals surface area contributed by atoms with Crippen LogP contribution in [0.3, 0.4) is 0 Å². The number of aromatic nitrogens is 1. The molecule has 3 aromatic rings. The molecule has 3 rings (SSSR count). The van der Waals surface area contributed by atoms with Gasteiger partial charge in [0.05, 0.1) is 5.52 Å². The molecule has 7 heteroatoms. The number of para-hydroxylation sites is 1.